The van der Waals surface area contributed by atoms with E-state index in [-0.39, 0.29) is 23.9 Å². The summed E-state index contributed by atoms with van der Waals surface area (Å²) in [6.45, 7) is 3.97. The van der Waals surface area contributed by atoms with Crippen LogP contribution in [0.1, 0.15) is 30.8 Å². The van der Waals surface area contributed by atoms with Gasteiger partial charge in [0.2, 0.25) is 0 Å². The van der Waals surface area contributed by atoms with Gasteiger partial charge < -0.3 is 4.90 Å². The Morgan fingerprint density at radius 3 is 2.58 bits per heavy atom. The maximum Gasteiger partial charge on any atom is 0.276 e. The topological polar surface area (TPSA) is 96.0 Å². The normalized spacial score (nSPS) is 19.7. The van der Waals surface area contributed by atoms with Crippen molar-refractivity contribution >= 4 is 15.7 Å². The second-order valence-corrected chi connectivity index (χ2v) is 9.25. The van der Waals surface area contributed by atoms with Gasteiger partial charge in [-0.2, -0.15) is 15.4 Å². The molecule has 1 fully saturated rings. The van der Waals surface area contributed by atoms with E-state index in [0.717, 1.165) is 5.56 Å². The standard InChI is InChI=1S/C16H20N4O3S/c1-16(2)8-9-20(10-11-24(16,22)23)15(21)14-13(17-19-18-14)12-6-4-3-5-7-12/h3-7H,8-11H2,1-2H3,(H,17,18,19). The maximum atomic E-state index is 12.8. The van der Waals surface area contributed by atoms with Gasteiger partial charge in [0.15, 0.2) is 15.5 Å². The molecule has 2 heterocycles. The molecule has 1 aliphatic heterocycles. The third kappa shape index (κ3) is 2.93. The first-order valence-corrected chi connectivity index (χ1v) is 9.45. The number of carbonyl (C=O) groups is 1. The van der Waals surface area contributed by atoms with E-state index in [1.165, 1.54) is 0 Å². The number of H-pyrrole nitrogens is 1. The van der Waals surface area contributed by atoms with Gasteiger partial charge in [0.05, 0.1) is 10.5 Å². The summed E-state index contributed by atoms with van der Waals surface area (Å²) in [4.78, 5) is 14.4. The Balaban J connectivity index is 1.88. The van der Waals surface area contributed by atoms with E-state index in [9.17, 15) is 13.2 Å². The summed E-state index contributed by atoms with van der Waals surface area (Å²) in [5.41, 5.74) is 1.49. The van der Waals surface area contributed by atoms with Gasteiger partial charge in [-0.1, -0.05) is 30.3 Å². The largest absolute Gasteiger partial charge is 0.336 e. The molecule has 0 bridgehead atoms. The Hall–Kier alpha value is -2.22. The zero-order valence-corrected chi connectivity index (χ0v) is 14.5. The Kier molecular flexibility index (Phi) is 4.16. The molecule has 3 rings (SSSR count). The number of sulfone groups is 1. The highest BCUT2D eigenvalue weighted by Gasteiger charge is 2.38. The van der Waals surface area contributed by atoms with Crippen molar-refractivity contribution in [2.75, 3.05) is 18.8 Å². The summed E-state index contributed by atoms with van der Waals surface area (Å²) < 4.78 is 23.8. The molecule has 0 saturated carbocycles. The van der Waals surface area contributed by atoms with Gasteiger partial charge in [-0.25, -0.2) is 8.42 Å². The van der Waals surface area contributed by atoms with Crippen LogP contribution >= 0.6 is 0 Å². The van der Waals surface area contributed by atoms with Crippen molar-refractivity contribution in [2.45, 2.75) is 25.0 Å². The van der Waals surface area contributed by atoms with Crippen LogP contribution in [0.2, 0.25) is 0 Å². The second kappa shape index (κ2) is 6.01. The maximum absolute atomic E-state index is 12.8. The van der Waals surface area contributed by atoms with Crippen molar-refractivity contribution in [3.8, 4) is 11.3 Å². The zero-order valence-electron chi connectivity index (χ0n) is 13.7. The monoisotopic (exact) mass is 348 g/mol. The Morgan fingerprint density at radius 1 is 1.17 bits per heavy atom. The van der Waals surface area contributed by atoms with Crippen LogP contribution in [-0.2, 0) is 9.84 Å². The van der Waals surface area contributed by atoms with Crippen LogP contribution in [0.15, 0.2) is 30.3 Å². The Labute approximate surface area is 141 Å². The van der Waals surface area contributed by atoms with E-state index in [0.29, 0.717) is 18.7 Å². The van der Waals surface area contributed by atoms with Crippen LogP contribution in [0.3, 0.4) is 0 Å². The summed E-state index contributed by atoms with van der Waals surface area (Å²) in [6.07, 6.45) is 0.402. The van der Waals surface area contributed by atoms with E-state index in [2.05, 4.69) is 15.4 Å². The van der Waals surface area contributed by atoms with Gasteiger partial charge in [-0.05, 0) is 20.3 Å². The molecule has 2 aromatic rings. The molecule has 0 radical (unpaired) electrons. The lowest BCUT2D eigenvalue weighted by Crippen LogP contribution is -2.34. The number of rotatable bonds is 2. The molecule has 8 heteroatoms. The summed E-state index contributed by atoms with van der Waals surface area (Å²) >= 11 is 0. The lowest BCUT2D eigenvalue weighted by molar-refractivity contribution is 0.0759. The van der Waals surface area contributed by atoms with Crippen molar-refractivity contribution < 1.29 is 13.2 Å². The number of carbonyl (C=O) groups excluding carboxylic acids is 1. The van der Waals surface area contributed by atoms with Gasteiger partial charge in [-0.3, -0.25) is 4.79 Å². The van der Waals surface area contributed by atoms with Crippen LogP contribution in [0.25, 0.3) is 11.3 Å². The third-order valence-corrected chi connectivity index (χ3v) is 7.15. The lowest BCUT2D eigenvalue weighted by atomic mass is 10.1. The predicted molar refractivity (Wildman–Crippen MR) is 90.2 cm³/mol. The van der Waals surface area contributed by atoms with Crippen molar-refractivity contribution in [1.29, 1.82) is 0 Å². The van der Waals surface area contributed by atoms with Crippen molar-refractivity contribution in [3.05, 3.63) is 36.0 Å². The number of aromatic amines is 1. The zero-order chi connectivity index (χ0) is 17.4. The fourth-order valence-corrected chi connectivity index (χ4v) is 4.12. The molecule has 7 nitrogen and oxygen atoms in total. The summed E-state index contributed by atoms with van der Waals surface area (Å²) in [5.74, 6) is -0.333. The van der Waals surface area contributed by atoms with Gasteiger partial charge in [0, 0.05) is 18.7 Å². The van der Waals surface area contributed by atoms with E-state index in [1.807, 2.05) is 30.3 Å². The first kappa shape index (κ1) is 16.6. The first-order chi connectivity index (χ1) is 11.3. The predicted octanol–water partition coefficient (Wildman–Crippen LogP) is 1.51. The quantitative estimate of drug-likeness (QED) is 0.887. The Morgan fingerprint density at radius 2 is 1.88 bits per heavy atom. The molecule has 0 aliphatic carbocycles. The van der Waals surface area contributed by atoms with E-state index in [4.69, 9.17) is 0 Å². The summed E-state index contributed by atoms with van der Waals surface area (Å²) in [5, 5.41) is 10.6. The van der Waals surface area contributed by atoms with Crippen LogP contribution in [0.5, 0.6) is 0 Å². The van der Waals surface area contributed by atoms with E-state index in [1.54, 1.807) is 18.7 Å². The molecular formula is C16H20N4O3S. The number of benzene rings is 1. The minimum atomic E-state index is -3.23. The summed E-state index contributed by atoms with van der Waals surface area (Å²) in [7, 11) is -3.23. The minimum Gasteiger partial charge on any atom is -0.336 e. The third-order valence-electron chi connectivity index (χ3n) is 4.54. The fourth-order valence-electron chi connectivity index (χ4n) is 2.71. The number of nitrogens with one attached hydrogen (secondary N) is 1. The van der Waals surface area contributed by atoms with Crippen molar-refractivity contribution in [2.24, 2.45) is 0 Å². The first-order valence-electron chi connectivity index (χ1n) is 7.79. The van der Waals surface area contributed by atoms with Gasteiger partial charge in [0.1, 0.15) is 5.69 Å². The average molecular weight is 348 g/mol. The van der Waals surface area contributed by atoms with Crippen LogP contribution in [0, 0.1) is 0 Å². The molecule has 1 N–H and O–H groups in total. The SMILES string of the molecule is CC1(C)CCN(C(=O)c2n[nH]nc2-c2ccccc2)CCS1(=O)=O. The smallest absolute Gasteiger partial charge is 0.276 e. The highest BCUT2D eigenvalue weighted by Crippen LogP contribution is 2.27. The molecule has 1 amide bonds. The minimum absolute atomic E-state index is 0.0374. The van der Waals surface area contributed by atoms with Crippen molar-refractivity contribution in [1.82, 2.24) is 20.3 Å². The molecule has 0 unspecified atom stereocenters. The molecule has 1 aliphatic rings. The van der Waals surface area contributed by atoms with Crippen molar-refractivity contribution in [3.63, 3.8) is 0 Å². The number of hydrogen-bond acceptors (Lipinski definition) is 5. The molecule has 1 aromatic heterocycles. The highest BCUT2D eigenvalue weighted by molar-refractivity contribution is 7.92. The molecule has 128 valence electrons. The number of nitrogens with zero attached hydrogens (tertiary/aromatic N) is 3. The molecule has 1 aromatic carbocycles. The van der Waals surface area contributed by atoms with Crippen LogP contribution in [0.4, 0.5) is 0 Å². The van der Waals surface area contributed by atoms with Gasteiger partial charge in [0.25, 0.3) is 5.91 Å². The fraction of sp³-hybridized carbons (Fsp3) is 0.438. The van der Waals surface area contributed by atoms with Gasteiger partial charge in [-0.15, -0.1) is 0 Å². The lowest BCUT2D eigenvalue weighted by Gasteiger charge is -2.22. The molecule has 0 atom stereocenters. The molecule has 1 saturated heterocycles. The van der Waals surface area contributed by atoms with Crippen LogP contribution < -0.4 is 0 Å². The molecule has 0 spiro atoms. The number of amides is 1. The average Bonchev–Trinajstić information content (AvgIpc) is 3.00. The van der Waals surface area contributed by atoms with E-state index >= 15 is 0 Å². The second-order valence-electron chi connectivity index (χ2n) is 6.51. The van der Waals surface area contributed by atoms with Gasteiger partial charge >= 0.3 is 0 Å². The molecule has 24 heavy (non-hydrogen) atoms. The number of hydrogen-bond donors (Lipinski definition) is 1. The summed E-state index contributed by atoms with van der Waals surface area (Å²) in [6, 6.07) is 9.31. The molecular weight excluding hydrogens is 328 g/mol. The van der Waals surface area contributed by atoms with E-state index < -0.39 is 14.6 Å². The number of aromatic nitrogens is 3. The highest BCUT2D eigenvalue weighted by atomic mass is 32.2. The van der Waals surface area contributed by atoms with Crippen LogP contribution in [-0.4, -0.2) is 58.2 Å². The Bertz CT molecular complexity index is 843.